The first-order chi connectivity index (χ1) is 8.75. The Kier molecular flexibility index (Phi) is 2.77. The summed E-state index contributed by atoms with van der Waals surface area (Å²) < 4.78 is 0. The molecule has 0 N–H and O–H groups in total. The molecule has 1 aliphatic rings. The van der Waals surface area contributed by atoms with Crippen LogP contribution < -0.4 is 0 Å². The highest BCUT2D eigenvalue weighted by Gasteiger charge is 2.28. The van der Waals surface area contributed by atoms with Gasteiger partial charge < -0.3 is 0 Å². The van der Waals surface area contributed by atoms with E-state index in [2.05, 4.69) is 0 Å². The van der Waals surface area contributed by atoms with Crippen LogP contribution in [0.1, 0.15) is 17.5 Å². The third-order valence-corrected chi connectivity index (χ3v) is 3.43. The monoisotopic (exact) mass is 254 g/mol. The van der Waals surface area contributed by atoms with Gasteiger partial charge in [-0.15, -0.1) is 0 Å². The number of Topliss-reactive ketones (excluding diaryl/α,β-unsaturated/α-hetero) is 1. The van der Waals surface area contributed by atoms with Gasteiger partial charge in [-0.2, -0.15) is 0 Å². The number of allylic oxidation sites excluding steroid dienone is 2. The Balaban J connectivity index is 2.09. The van der Waals surface area contributed by atoms with Crippen molar-refractivity contribution in [1.82, 2.24) is 0 Å². The van der Waals surface area contributed by atoms with Crippen LogP contribution in [0.3, 0.4) is 0 Å². The largest absolute Gasteiger partial charge is 0.294 e. The van der Waals surface area contributed by atoms with Crippen molar-refractivity contribution in [3.05, 3.63) is 70.7 Å². The summed E-state index contributed by atoms with van der Waals surface area (Å²) in [5.41, 5.74) is 4.04. The van der Waals surface area contributed by atoms with E-state index in [0.29, 0.717) is 11.4 Å². The van der Waals surface area contributed by atoms with Crippen LogP contribution in [-0.2, 0) is 4.79 Å². The molecule has 2 aromatic rings. The Morgan fingerprint density at radius 3 is 2.11 bits per heavy atom. The van der Waals surface area contributed by atoms with E-state index in [0.717, 1.165) is 22.3 Å². The van der Waals surface area contributed by atoms with E-state index < -0.39 is 0 Å². The van der Waals surface area contributed by atoms with Crippen molar-refractivity contribution in [2.45, 2.75) is 6.42 Å². The summed E-state index contributed by atoms with van der Waals surface area (Å²) in [6, 6.07) is 17.5. The van der Waals surface area contributed by atoms with E-state index in [1.54, 1.807) is 0 Å². The first kappa shape index (κ1) is 11.2. The highest BCUT2D eigenvalue weighted by atomic mass is 35.5. The summed E-state index contributed by atoms with van der Waals surface area (Å²) in [5, 5.41) is 0.687. The number of carbonyl (C=O) groups excluding carboxylic acids is 1. The molecule has 1 aliphatic carbocycles. The van der Waals surface area contributed by atoms with Crippen molar-refractivity contribution < 1.29 is 4.79 Å². The minimum atomic E-state index is 0.205. The molecule has 0 saturated carbocycles. The van der Waals surface area contributed by atoms with Gasteiger partial charge in [0.05, 0.1) is 0 Å². The summed E-state index contributed by atoms with van der Waals surface area (Å²) >= 11 is 5.87. The fourth-order valence-electron chi connectivity index (χ4n) is 2.24. The molecule has 3 rings (SSSR count). The Bertz CT molecular complexity index is 624. The highest BCUT2D eigenvalue weighted by molar-refractivity contribution is 6.38. The van der Waals surface area contributed by atoms with Crippen LogP contribution in [0.4, 0.5) is 0 Å². The molecule has 18 heavy (non-hydrogen) atoms. The standard InChI is InChI=1S/C16H11ClO/c17-13-8-6-12(7-9-13)16-14(10-15(16)18)11-4-2-1-3-5-11/h1-9H,10H2. The van der Waals surface area contributed by atoms with Gasteiger partial charge >= 0.3 is 0 Å². The van der Waals surface area contributed by atoms with Gasteiger partial charge in [-0.1, -0.05) is 54.1 Å². The van der Waals surface area contributed by atoms with Crippen LogP contribution >= 0.6 is 11.6 Å². The van der Waals surface area contributed by atoms with Gasteiger partial charge in [0.25, 0.3) is 0 Å². The second-order valence-electron chi connectivity index (χ2n) is 4.33. The summed E-state index contributed by atoms with van der Waals surface area (Å²) in [6.45, 7) is 0. The molecule has 1 nitrogen and oxygen atoms in total. The Labute approximate surface area is 111 Å². The summed E-state index contributed by atoms with van der Waals surface area (Å²) in [5.74, 6) is 0.205. The lowest BCUT2D eigenvalue weighted by atomic mass is 9.79. The fraction of sp³-hybridized carbons (Fsp3) is 0.0625. The van der Waals surface area contributed by atoms with Crippen molar-refractivity contribution in [2.75, 3.05) is 0 Å². The van der Waals surface area contributed by atoms with Crippen LogP contribution in [0, 0.1) is 0 Å². The van der Waals surface area contributed by atoms with Crippen molar-refractivity contribution in [2.24, 2.45) is 0 Å². The number of ketones is 1. The second-order valence-corrected chi connectivity index (χ2v) is 4.76. The maximum Gasteiger partial charge on any atom is 0.168 e. The molecule has 0 aromatic heterocycles. The molecule has 0 amide bonds. The van der Waals surface area contributed by atoms with Gasteiger partial charge in [-0.3, -0.25) is 4.79 Å². The lowest BCUT2D eigenvalue weighted by Gasteiger charge is -2.23. The van der Waals surface area contributed by atoms with Gasteiger partial charge in [-0.25, -0.2) is 0 Å². The van der Waals surface area contributed by atoms with Crippen molar-refractivity contribution >= 4 is 28.5 Å². The molecule has 0 aliphatic heterocycles. The molecule has 88 valence electrons. The summed E-state index contributed by atoms with van der Waals surface area (Å²) in [4.78, 5) is 11.8. The average Bonchev–Trinajstić information content (AvgIpc) is 2.39. The van der Waals surface area contributed by atoms with Gasteiger partial charge in [0, 0.05) is 17.0 Å². The maximum atomic E-state index is 11.8. The quantitative estimate of drug-likeness (QED) is 0.784. The van der Waals surface area contributed by atoms with Crippen molar-refractivity contribution in [1.29, 1.82) is 0 Å². The maximum absolute atomic E-state index is 11.8. The molecule has 2 aromatic carbocycles. The number of halogens is 1. The fourth-order valence-corrected chi connectivity index (χ4v) is 2.36. The zero-order chi connectivity index (χ0) is 12.5. The third kappa shape index (κ3) is 1.87. The van der Waals surface area contributed by atoms with Crippen LogP contribution in [0.15, 0.2) is 54.6 Å². The minimum Gasteiger partial charge on any atom is -0.294 e. The average molecular weight is 255 g/mol. The second kappa shape index (κ2) is 4.43. The first-order valence-corrected chi connectivity index (χ1v) is 6.21. The molecule has 0 atom stereocenters. The highest BCUT2D eigenvalue weighted by Crippen LogP contribution is 2.39. The van der Waals surface area contributed by atoms with Gasteiger partial charge in [0.2, 0.25) is 0 Å². The lowest BCUT2D eigenvalue weighted by Crippen LogP contribution is -2.15. The van der Waals surface area contributed by atoms with E-state index in [1.165, 1.54) is 0 Å². The molecule has 0 heterocycles. The number of carbonyl (C=O) groups is 1. The molecule has 0 spiro atoms. The zero-order valence-corrected chi connectivity index (χ0v) is 10.4. The molecular formula is C16H11ClO. The van der Waals surface area contributed by atoms with E-state index >= 15 is 0 Å². The third-order valence-electron chi connectivity index (χ3n) is 3.17. The van der Waals surface area contributed by atoms with Gasteiger partial charge in [-0.05, 0) is 28.8 Å². The topological polar surface area (TPSA) is 17.1 Å². The van der Waals surface area contributed by atoms with Crippen LogP contribution in [0.25, 0.3) is 11.1 Å². The predicted molar refractivity (Wildman–Crippen MR) is 74.3 cm³/mol. The van der Waals surface area contributed by atoms with Crippen molar-refractivity contribution in [3.8, 4) is 0 Å². The normalized spacial score (nSPS) is 14.6. The number of hydrogen-bond acceptors (Lipinski definition) is 1. The molecule has 0 bridgehead atoms. The lowest BCUT2D eigenvalue weighted by molar-refractivity contribution is -0.113. The Morgan fingerprint density at radius 2 is 1.50 bits per heavy atom. The molecular weight excluding hydrogens is 244 g/mol. The molecule has 0 radical (unpaired) electrons. The summed E-state index contributed by atoms with van der Waals surface area (Å²) in [7, 11) is 0. The predicted octanol–water partition coefficient (Wildman–Crippen LogP) is 4.22. The molecule has 0 saturated heterocycles. The van der Waals surface area contributed by atoms with Crippen LogP contribution in [0.2, 0.25) is 5.02 Å². The minimum absolute atomic E-state index is 0.205. The van der Waals surface area contributed by atoms with Gasteiger partial charge in [0.1, 0.15) is 0 Å². The SMILES string of the molecule is O=C1CC(c2ccccc2)=C1c1ccc(Cl)cc1. The molecule has 0 fully saturated rings. The van der Waals surface area contributed by atoms with Crippen LogP contribution in [0.5, 0.6) is 0 Å². The smallest absolute Gasteiger partial charge is 0.168 e. The van der Waals surface area contributed by atoms with E-state index in [4.69, 9.17) is 11.6 Å². The molecule has 2 heteroatoms. The van der Waals surface area contributed by atoms with Crippen molar-refractivity contribution in [3.63, 3.8) is 0 Å². The van der Waals surface area contributed by atoms with E-state index in [-0.39, 0.29) is 5.78 Å². The number of rotatable bonds is 2. The first-order valence-electron chi connectivity index (χ1n) is 5.83. The summed E-state index contributed by atoms with van der Waals surface area (Å²) in [6.07, 6.45) is 0.530. The number of benzene rings is 2. The van der Waals surface area contributed by atoms with Gasteiger partial charge in [0.15, 0.2) is 5.78 Å². The van der Waals surface area contributed by atoms with E-state index in [1.807, 2.05) is 54.6 Å². The Morgan fingerprint density at radius 1 is 0.833 bits per heavy atom. The number of hydrogen-bond donors (Lipinski definition) is 0. The molecule has 0 unspecified atom stereocenters. The van der Waals surface area contributed by atoms with Crippen LogP contribution in [-0.4, -0.2) is 5.78 Å². The zero-order valence-electron chi connectivity index (χ0n) is 9.69. The van der Waals surface area contributed by atoms with E-state index in [9.17, 15) is 4.79 Å². The Hall–Kier alpha value is -1.86.